The molecule has 0 radical (unpaired) electrons. The van der Waals surface area contributed by atoms with Crippen LogP contribution in [0.25, 0.3) is 11.3 Å². The minimum absolute atomic E-state index is 0.117. The first-order chi connectivity index (χ1) is 17.5. The molecule has 1 aliphatic heterocycles. The molecule has 1 amide bonds. The van der Waals surface area contributed by atoms with Crippen molar-refractivity contribution in [1.82, 2.24) is 9.97 Å². The van der Waals surface area contributed by atoms with Gasteiger partial charge < -0.3 is 19.7 Å². The van der Waals surface area contributed by atoms with Gasteiger partial charge in [0.1, 0.15) is 11.6 Å². The van der Waals surface area contributed by atoms with Gasteiger partial charge in [0.2, 0.25) is 5.69 Å². The summed E-state index contributed by atoms with van der Waals surface area (Å²) in [5.41, 5.74) is 4.59. The van der Waals surface area contributed by atoms with E-state index in [0.29, 0.717) is 36.6 Å². The molecule has 0 spiro atoms. The van der Waals surface area contributed by atoms with Crippen LogP contribution in [0.5, 0.6) is 5.75 Å². The summed E-state index contributed by atoms with van der Waals surface area (Å²) in [5.74, 6) is 1.97. The largest absolute Gasteiger partial charge is 0.618 e. The van der Waals surface area contributed by atoms with Gasteiger partial charge in [-0.3, -0.25) is 4.79 Å². The highest BCUT2D eigenvalue weighted by molar-refractivity contribution is 6.12. The smallest absolute Gasteiger partial charge is 0.261 e. The first kappa shape index (κ1) is 23.3. The Morgan fingerprint density at radius 1 is 1.06 bits per heavy atom. The zero-order chi connectivity index (χ0) is 25.2. The molecule has 1 aliphatic rings. The van der Waals surface area contributed by atoms with Crippen molar-refractivity contribution >= 4 is 23.2 Å². The Morgan fingerprint density at radius 2 is 1.92 bits per heavy atom. The van der Waals surface area contributed by atoms with Gasteiger partial charge in [-0.05, 0) is 67.4 Å². The van der Waals surface area contributed by atoms with Crippen LogP contribution in [-0.2, 0) is 6.42 Å². The number of anilines is 3. The van der Waals surface area contributed by atoms with Crippen LogP contribution in [0.2, 0.25) is 0 Å². The predicted octanol–water partition coefficient (Wildman–Crippen LogP) is 4.45. The van der Waals surface area contributed by atoms with Crippen molar-refractivity contribution in [2.24, 2.45) is 0 Å². The SMILES string of the molecule is CCN1c2ncc(CCOc3ccc(-c4cccc[n+]4[O-])cc3C)cc2C(=O)N(C)c2cccnc21. The number of fused-ring (bicyclic) bond motifs is 2. The number of hydrogen-bond donors (Lipinski definition) is 0. The topological polar surface area (TPSA) is 85.5 Å². The second-order valence-corrected chi connectivity index (χ2v) is 8.66. The third-order valence-electron chi connectivity index (χ3n) is 6.36. The van der Waals surface area contributed by atoms with Crippen LogP contribution < -0.4 is 19.3 Å². The third kappa shape index (κ3) is 4.22. The first-order valence-electron chi connectivity index (χ1n) is 11.9. The minimum Gasteiger partial charge on any atom is -0.618 e. The second-order valence-electron chi connectivity index (χ2n) is 8.66. The summed E-state index contributed by atoms with van der Waals surface area (Å²) in [6.45, 7) is 5.04. The van der Waals surface area contributed by atoms with Gasteiger partial charge in [-0.25, -0.2) is 9.97 Å². The van der Waals surface area contributed by atoms with Crippen molar-refractivity contribution in [2.45, 2.75) is 20.3 Å². The molecule has 4 heterocycles. The van der Waals surface area contributed by atoms with E-state index in [1.165, 1.54) is 6.20 Å². The number of hydrogen-bond acceptors (Lipinski definition) is 6. The zero-order valence-corrected chi connectivity index (χ0v) is 20.5. The Kier molecular flexibility index (Phi) is 6.25. The van der Waals surface area contributed by atoms with Crippen LogP contribution in [0, 0.1) is 12.1 Å². The summed E-state index contributed by atoms with van der Waals surface area (Å²) in [5, 5.41) is 12.1. The predicted molar refractivity (Wildman–Crippen MR) is 139 cm³/mol. The van der Waals surface area contributed by atoms with E-state index >= 15 is 0 Å². The molecular weight excluding hydrogens is 454 g/mol. The molecule has 0 N–H and O–H groups in total. The van der Waals surface area contributed by atoms with Gasteiger partial charge in [0, 0.05) is 50.1 Å². The Balaban J connectivity index is 1.33. The van der Waals surface area contributed by atoms with E-state index in [1.807, 2.05) is 61.2 Å². The minimum atomic E-state index is -0.117. The molecular formula is C28H27N5O3. The molecule has 0 saturated heterocycles. The van der Waals surface area contributed by atoms with Crippen LogP contribution in [0.15, 0.2) is 73.2 Å². The van der Waals surface area contributed by atoms with Crippen molar-refractivity contribution in [2.75, 3.05) is 30.0 Å². The standard InChI is InChI=1S/C28H27N5O3/c1-4-32-26-22(28(34)31(3)24-9-7-13-29-27(24)32)17-20(18-30-26)12-15-36-25-11-10-21(16-19(25)2)23-8-5-6-14-33(23)35/h5-11,13-14,16-18H,4,12,15H2,1-3H3. The van der Waals surface area contributed by atoms with Gasteiger partial charge in [-0.1, -0.05) is 0 Å². The van der Waals surface area contributed by atoms with Crippen LogP contribution in [0.4, 0.5) is 17.3 Å². The maximum atomic E-state index is 13.3. The number of ether oxygens (including phenoxy) is 1. The first-order valence-corrected chi connectivity index (χ1v) is 11.9. The highest BCUT2D eigenvalue weighted by atomic mass is 16.5. The lowest BCUT2D eigenvalue weighted by Gasteiger charge is -2.22. The normalized spacial score (nSPS) is 12.7. The van der Waals surface area contributed by atoms with Crippen LogP contribution in [0.3, 0.4) is 0 Å². The van der Waals surface area contributed by atoms with Crippen LogP contribution in [0.1, 0.15) is 28.4 Å². The molecule has 0 saturated carbocycles. The fourth-order valence-electron chi connectivity index (χ4n) is 4.46. The average molecular weight is 482 g/mol. The molecule has 8 heteroatoms. The van der Waals surface area contributed by atoms with Crippen LogP contribution in [-0.4, -0.2) is 36.1 Å². The molecule has 36 heavy (non-hydrogen) atoms. The van der Waals surface area contributed by atoms with Gasteiger partial charge in [-0.2, -0.15) is 4.73 Å². The number of benzene rings is 1. The number of nitrogens with zero attached hydrogens (tertiary/aromatic N) is 5. The maximum Gasteiger partial charge on any atom is 0.261 e. The number of rotatable bonds is 6. The summed E-state index contributed by atoms with van der Waals surface area (Å²) in [6, 6.07) is 16.7. The monoisotopic (exact) mass is 481 g/mol. The van der Waals surface area contributed by atoms with Crippen molar-refractivity contribution < 1.29 is 14.3 Å². The molecule has 0 fully saturated rings. The fourth-order valence-corrected chi connectivity index (χ4v) is 4.46. The summed E-state index contributed by atoms with van der Waals surface area (Å²) in [7, 11) is 1.76. The molecule has 3 aromatic heterocycles. The lowest BCUT2D eigenvalue weighted by Crippen LogP contribution is -2.27. The van der Waals surface area contributed by atoms with E-state index in [1.54, 1.807) is 36.5 Å². The fraction of sp³-hybridized carbons (Fsp3) is 0.214. The highest BCUT2D eigenvalue weighted by Crippen LogP contribution is 2.37. The molecule has 1 aromatic carbocycles. The Hall–Kier alpha value is -4.46. The summed E-state index contributed by atoms with van der Waals surface area (Å²) < 4.78 is 6.90. The number of carbonyl (C=O) groups excluding carboxylic acids is 1. The van der Waals surface area contributed by atoms with Gasteiger partial charge in [-0.15, -0.1) is 0 Å². The van der Waals surface area contributed by atoms with E-state index < -0.39 is 0 Å². The second kappa shape index (κ2) is 9.65. The van der Waals surface area contributed by atoms with Crippen LogP contribution >= 0.6 is 0 Å². The van der Waals surface area contributed by atoms with Crippen molar-refractivity contribution in [1.29, 1.82) is 0 Å². The Morgan fingerprint density at radius 3 is 2.69 bits per heavy atom. The van der Waals surface area contributed by atoms with E-state index in [2.05, 4.69) is 9.97 Å². The van der Waals surface area contributed by atoms with E-state index in [9.17, 15) is 10.0 Å². The summed E-state index contributed by atoms with van der Waals surface area (Å²) in [4.78, 5) is 26.1. The molecule has 8 nitrogen and oxygen atoms in total. The number of carbonyl (C=O) groups is 1. The molecule has 182 valence electrons. The third-order valence-corrected chi connectivity index (χ3v) is 6.36. The Bertz CT molecular complexity index is 1440. The average Bonchev–Trinajstić information content (AvgIpc) is 2.98. The van der Waals surface area contributed by atoms with Crippen molar-refractivity contribution in [3.63, 3.8) is 0 Å². The molecule has 5 rings (SSSR count). The molecule has 0 atom stereocenters. The molecule has 0 aliphatic carbocycles. The van der Waals surface area contributed by atoms with Crippen molar-refractivity contribution in [3.05, 3.63) is 95.1 Å². The number of aryl methyl sites for hydroxylation is 1. The number of pyridine rings is 3. The van der Waals surface area contributed by atoms with Gasteiger partial charge >= 0.3 is 0 Å². The van der Waals surface area contributed by atoms with Gasteiger partial charge in [0.15, 0.2) is 12.0 Å². The lowest BCUT2D eigenvalue weighted by molar-refractivity contribution is -0.593. The Labute approximate surface area is 210 Å². The maximum absolute atomic E-state index is 13.3. The lowest BCUT2D eigenvalue weighted by atomic mass is 10.1. The number of aromatic nitrogens is 3. The van der Waals surface area contributed by atoms with Gasteiger partial charge in [0.05, 0.1) is 17.9 Å². The van der Waals surface area contributed by atoms with Gasteiger partial charge in [0.25, 0.3) is 5.91 Å². The highest BCUT2D eigenvalue weighted by Gasteiger charge is 2.30. The van der Waals surface area contributed by atoms with E-state index in [-0.39, 0.29) is 5.91 Å². The summed E-state index contributed by atoms with van der Waals surface area (Å²) >= 11 is 0. The van der Waals surface area contributed by atoms with Crippen molar-refractivity contribution in [3.8, 4) is 17.0 Å². The molecule has 0 bridgehead atoms. The van der Waals surface area contributed by atoms with E-state index in [0.717, 1.165) is 38.7 Å². The number of amides is 1. The quantitative estimate of drug-likeness (QED) is 0.299. The summed E-state index contributed by atoms with van der Waals surface area (Å²) in [6.07, 6.45) is 5.60. The zero-order valence-electron chi connectivity index (χ0n) is 20.5. The molecule has 4 aromatic rings. The molecule has 0 unspecified atom stereocenters. The van der Waals surface area contributed by atoms with E-state index in [4.69, 9.17) is 4.74 Å².